The van der Waals surface area contributed by atoms with E-state index in [1.54, 1.807) is 24.1 Å². The molecule has 0 radical (unpaired) electrons. The monoisotopic (exact) mass is 287 g/mol. The summed E-state index contributed by atoms with van der Waals surface area (Å²) in [5.74, 6) is -0.319. The minimum atomic E-state index is -0.319. The molecule has 0 N–H and O–H groups in total. The van der Waals surface area contributed by atoms with E-state index in [0.29, 0.717) is 12.0 Å². The molecule has 0 bridgehead atoms. The fourth-order valence-electron chi connectivity index (χ4n) is 2.13. The summed E-state index contributed by atoms with van der Waals surface area (Å²) in [6, 6.07) is 5.78. The molecule has 1 atom stereocenters. The maximum absolute atomic E-state index is 12.1. The normalized spacial score (nSPS) is 12.1. The van der Waals surface area contributed by atoms with Crippen molar-refractivity contribution >= 4 is 5.97 Å². The molecule has 0 spiro atoms. The van der Waals surface area contributed by atoms with Crippen molar-refractivity contribution in [2.45, 2.75) is 38.7 Å². The minimum Gasteiger partial charge on any atom is -0.458 e. The van der Waals surface area contributed by atoms with Gasteiger partial charge in [-0.15, -0.1) is 0 Å². The van der Waals surface area contributed by atoms with Gasteiger partial charge in [0.1, 0.15) is 6.10 Å². The number of unbranched alkanes of at least 4 members (excludes halogenated alkanes) is 1. The number of esters is 1. The number of rotatable bonds is 7. The molecule has 0 fully saturated rings. The molecule has 0 aliphatic carbocycles. The minimum absolute atomic E-state index is 0.146. The topological polar surface area (TPSA) is 57.0 Å². The summed E-state index contributed by atoms with van der Waals surface area (Å²) in [7, 11) is 1.78. The Morgan fingerprint density at radius 2 is 2.29 bits per heavy atom. The summed E-state index contributed by atoms with van der Waals surface area (Å²) in [4.78, 5) is 16.4. The molecule has 2 aromatic heterocycles. The molecule has 0 aliphatic heterocycles. The van der Waals surface area contributed by atoms with E-state index >= 15 is 0 Å². The molecular weight excluding hydrogens is 266 g/mol. The number of hydrogen-bond acceptors (Lipinski definition) is 4. The molecule has 2 aromatic rings. The van der Waals surface area contributed by atoms with Gasteiger partial charge in [0.2, 0.25) is 0 Å². The fourth-order valence-corrected chi connectivity index (χ4v) is 2.13. The summed E-state index contributed by atoms with van der Waals surface area (Å²) in [5.41, 5.74) is 1.43. The van der Waals surface area contributed by atoms with Gasteiger partial charge >= 0.3 is 5.97 Å². The lowest BCUT2D eigenvalue weighted by Crippen LogP contribution is -2.21. The van der Waals surface area contributed by atoms with Crippen LogP contribution in [0.25, 0.3) is 0 Å². The highest BCUT2D eigenvalue weighted by Crippen LogP contribution is 2.13. The number of ether oxygens (including phenoxy) is 1. The second kappa shape index (κ2) is 7.57. The van der Waals surface area contributed by atoms with Crippen LogP contribution in [0.15, 0.2) is 36.8 Å². The summed E-state index contributed by atoms with van der Waals surface area (Å²) < 4.78 is 7.22. The van der Waals surface area contributed by atoms with Crippen LogP contribution in [-0.4, -0.2) is 26.8 Å². The molecule has 0 unspecified atom stereocenters. The number of aryl methyl sites for hydroxylation is 1. The number of carbonyl (C=O) groups excluding carboxylic acids is 1. The van der Waals surface area contributed by atoms with Gasteiger partial charge in [-0.3, -0.25) is 9.67 Å². The number of aromatic nitrogens is 3. The molecule has 5 nitrogen and oxygen atoms in total. The van der Waals surface area contributed by atoms with Gasteiger partial charge in [-0.05, 0) is 18.6 Å². The average Bonchev–Trinajstić information content (AvgIpc) is 2.92. The molecule has 2 rings (SSSR count). The molecule has 0 saturated carbocycles. The van der Waals surface area contributed by atoms with Crippen LogP contribution in [-0.2, 0) is 18.2 Å². The van der Waals surface area contributed by atoms with Crippen molar-refractivity contribution in [2.24, 2.45) is 7.05 Å². The molecule has 0 saturated heterocycles. The SMILES string of the molecule is CCCC[C@H](Cc1ccccn1)OC(=O)c1cnn(C)c1. The molecule has 0 aromatic carbocycles. The van der Waals surface area contributed by atoms with Gasteiger partial charge in [0.25, 0.3) is 0 Å². The largest absolute Gasteiger partial charge is 0.458 e. The average molecular weight is 287 g/mol. The van der Waals surface area contributed by atoms with Crippen molar-refractivity contribution in [2.75, 3.05) is 0 Å². The summed E-state index contributed by atoms with van der Waals surface area (Å²) >= 11 is 0. The van der Waals surface area contributed by atoms with Gasteiger partial charge in [0.15, 0.2) is 0 Å². The van der Waals surface area contributed by atoms with Crippen LogP contribution >= 0.6 is 0 Å². The number of pyridine rings is 1. The van der Waals surface area contributed by atoms with Crippen molar-refractivity contribution in [1.82, 2.24) is 14.8 Å². The first kappa shape index (κ1) is 15.2. The zero-order chi connectivity index (χ0) is 15.1. The van der Waals surface area contributed by atoms with Gasteiger partial charge < -0.3 is 4.74 Å². The van der Waals surface area contributed by atoms with Crippen molar-refractivity contribution in [3.05, 3.63) is 48.0 Å². The Bertz CT molecular complexity index is 566. The second-order valence-electron chi connectivity index (χ2n) is 5.10. The van der Waals surface area contributed by atoms with E-state index in [2.05, 4.69) is 17.0 Å². The van der Waals surface area contributed by atoms with E-state index < -0.39 is 0 Å². The maximum Gasteiger partial charge on any atom is 0.341 e. The van der Waals surface area contributed by atoms with Crippen molar-refractivity contribution in [1.29, 1.82) is 0 Å². The van der Waals surface area contributed by atoms with Crippen LogP contribution < -0.4 is 0 Å². The van der Waals surface area contributed by atoms with E-state index in [1.807, 2.05) is 18.2 Å². The highest BCUT2D eigenvalue weighted by molar-refractivity contribution is 5.88. The number of nitrogens with zero attached hydrogens (tertiary/aromatic N) is 3. The van der Waals surface area contributed by atoms with Crippen LogP contribution in [0.4, 0.5) is 0 Å². The molecule has 2 heterocycles. The quantitative estimate of drug-likeness (QED) is 0.735. The predicted octanol–water partition coefficient (Wildman–Crippen LogP) is 2.77. The maximum atomic E-state index is 12.1. The van der Waals surface area contributed by atoms with Gasteiger partial charge in [-0.25, -0.2) is 4.79 Å². The van der Waals surface area contributed by atoms with Crippen LogP contribution in [0.5, 0.6) is 0 Å². The summed E-state index contributed by atoms with van der Waals surface area (Å²) in [5, 5.41) is 3.99. The van der Waals surface area contributed by atoms with E-state index in [0.717, 1.165) is 25.0 Å². The van der Waals surface area contributed by atoms with Gasteiger partial charge in [-0.1, -0.05) is 25.8 Å². The van der Waals surface area contributed by atoms with Gasteiger partial charge in [0.05, 0.1) is 11.8 Å². The Kier molecular flexibility index (Phi) is 5.49. The smallest absolute Gasteiger partial charge is 0.341 e. The molecule has 21 heavy (non-hydrogen) atoms. The lowest BCUT2D eigenvalue weighted by Gasteiger charge is -2.17. The van der Waals surface area contributed by atoms with Gasteiger partial charge in [0, 0.05) is 31.6 Å². The Morgan fingerprint density at radius 3 is 2.90 bits per heavy atom. The number of hydrogen-bond donors (Lipinski definition) is 0. The van der Waals surface area contributed by atoms with Crippen LogP contribution in [0.2, 0.25) is 0 Å². The van der Waals surface area contributed by atoms with E-state index in [9.17, 15) is 4.79 Å². The van der Waals surface area contributed by atoms with Gasteiger partial charge in [-0.2, -0.15) is 5.10 Å². The Morgan fingerprint density at radius 1 is 1.43 bits per heavy atom. The third-order valence-electron chi connectivity index (χ3n) is 3.26. The first-order valence-corrected chi connectivity index (χ1v) is 7.28. The zero-order valence-electron chi connectivity index (χ0n) is 12.5. The lowest BCUT2D eigenvalue weighted by molar-refractivity contribution is 0.0276. The van der Waals surface area contributed by atoms with Crippen LogP contribution in [0, 0.1) is 0 Å². The third-order valence-corrected chi connectivity index (χ3v) is 3.26. The second-order valence-corrected chi connectivity index (χ2v) is 5.10. The fraction of sp³-hybridized carbons (Fsp3) is 0.438. The highest BCUT2D eigenvalue weighted by atomic mass is 16.5. The Labute approximate surface area is 125 Å². The first-order valence-electron chi connectivity index (χ1n) is 7.28. The van der Waals surface area contributed by atoms with Crippen molar-refractivity contribution < 1.29 is 9.53 Å². The van der Waals surface area contributed by atoms with E-state index in [-0.39, 0.29) is 12.1 Å². The molecule has 0 aliphatic rings. The zero-order valence-corrected chi connectivity index (χ0v) is 12.5. The third kappa shape index (κ3) is 4.70. The Hall–Kier alpha value is -2.17. The molecule has 5 heteroatoms. The predicted molar refractivity (Wildman–Crippen MR) is 79.9 cm³/mol. The van der Waals surface area contributed by atoms with E-state index in [1.165, 1.54) is 6.20 Å². The van der Waals surface area contributed by atoms with Crippen LogP contribution in [0.3, 0.4) is 0 Å². The standard InChI is InChI=1S/C16H21N3O2/c1-3-4-8-15(10-14-7-5-6-9-17-14)21-16(20)13-11-18-19(2)12-13/h5-7,9,11-12,15H,3-4,8,10H2,1-2H3/t15-/m1/s1. The van der Waals surface area contributed by atoms with E-state index in [4.69, 9.17) is 4.74 Å². The van der Waals surface area contributed by atoms with Crippen molar-refractivity contribution in [3.8, 4) is 0 Å². The lowest BCUT2D eigenvalue weighted by atomic mass is 10.1. The van der Waals surface area contributed by atoms with Crippen molar-refractivity contribution in [3.63, 3.8) is 0 Å². The Balaban J connectivity index is 2.00. The summed E-state index contributed by atoms with van der Waals surface area (Å²) in [6.07, 6.45) is 8.40. The number of carbonyl (C=O) groups is 1. The molecular formula is C16H21N3O2. The highest BCUT2D eigenvalue weighted by Gasteiger charge is 2.18. The molecule has 112 valence electrons. The molecule has 0 amide bonds. The van der Waals surface area contributed by atoms with Crippen LogP contribution in [0.1, 0.15) is 42.2 Å². The first-order chi connectivity index (χ1) is 10.2. The summed E-state index contributed by atoms with van der Waals surface area (Å²) in [6.45, 7) is 2.13.